The Morgan fingerprint density at radius 2 is 1.69 bits per heavy atom. The van der Waals surface area contributed by atoms with Gasteiger partial charge in [-0.15, -0.1) is 0 Å². The van der Waals surface area contributed by atoms with Crippen LogP contribution < -0.4 is 10.6 Å². The van der Waals surface area contributed by atoms with E-state index in [4.69, 9.17) is 4.42 Å². The number of carbonyl (C=O) groups excluding carboxylic acids is 2. The second kappa shape index (κ2) is 7.83. The highest BCUT2D eigenvalue weighted by atomic mass is 19.4. The van der Waals surface area contributed by atoms with Crippen molar-refractivity contribution in [1.82, 2.24) is 0 Å². The molecular weight excluding hydrogens is 385 g/mol. The lowest BCUT2D eigenvalue weighted by atomic mass is 10.0. The van der Waals surface area contributed by atoms with Gasteiger partial charge in [0.1, 0.15) is 0 Å². The van der Waals surface area contributed by atoms with Crippen LogP contribution in [0.4, 0.5) is 24.5 Å². The van der Waals surface area contributed by atoms with E-state index < -0.39 is 29.2 Å². The Bertz CT molecular complexity index is 1060. The van der Waals surface area contributed by atoms with Crippen molar-refractivity contribution in [3.63, 3.8) is 0 Å². The van der Waals surface area contributed by atoms with E-state index >= 15 is 0 Å². The summed E-state index contributed by atoms with van der Waals surface area (Å²) in [5.74, 6) is -1.37. The number of hydrogen-bond donors (Lipinski definition) is 2. The van der Waals surface area contributed by atoms with Gasteiger partial charge < -0.3 is 15.1 Å². The molecule has 0 atom stereocenters. The smallest absolute Gasteiger partial charge is 0.418 e. The molecule has 0 saturated carbocycles. The zero-order valence-corrected chi connectivity index (χ0v) is 15.6. The van der Waals surface area contributed by atoms with Crippen molar-refractivity contribution < 1.29 is 27.2 Å². The molecule has 1 aromatic heterocycles. The molecule has 8 heteroatoms. The summed E-state index contributed by atoms with van der Waals surface area (Å²) in [6.45, 7) is 3.53. The standard InChI is InChI=1S/C21H17F3N2O3/c1-12-5-3-6-15(13(12)2)19(27)26-17-9-8-14(11-16(17)21(22,23)24)25-20(28)18-7-4-10-29-18/h3-11H,1-2H3,(H,25,28)(H,26,27). The fraction of sp³-hybridized carbons (Fsp3) is 0.143. The SMILES string of the molecule is Cc1cccc(C(=O)Nc2ccc(NC(=O)c3ccco3)cc2C(F)(F)F)c1C. The molecule has 0 fully saturated rings. The lowest BCUT2D eigenvalue weighted by Crippen LogP contribution is -2.18. The molecule has 3 rings (SSSR count). The highest BCUT2D eigenvalue weighted by Gasteiger charge is 2.34. The molecule has 5 nitrogen and oxygen atoms in total. The normalized spacial score (nSPS) is 11.2. The van der Waals surface area contributed by atoms with Crippen molar-refractivity contribution in [3.05, 3.63) is 82.8 Å². The minimum Gasteiger partial charge on any atom is -0.459 e. The van der Waals surface area contributed by atoms with Crippen LogP contribution in [0.25, 0.3) is 0 Å². The highest BCUT2D eigenvalue weighted by molar-refractivity contribution is 6.06. The maximum Gasteiger partial charge on any atom is 0.418 e. The Morgan fingerprint density at radius 1 is 0.931 bits per heavy atom. The zero-order valence-electron chi connectivity index (χ0n) is 15.6. The average molecular weight is 402 g/mol. The van der Waals surface area contributed by atoms with Crippen molar-refractivity contribution >= 4 is 23.2 Å². The van der Waals surface area contributed by atoms with E-state index in [1.807, 2.05) is 13.0 Å². The van der Waals surface area contributed by atoms with Crippen molar-refractivity contribution in [2.45, 2.75) is 20.0 Å². The predicted octanol–water partition coefficient (Wildman–Crippen LogP) is 5.42. The molecule has 29 heavy (non-hydrogen) atoms. The van der Waals surface area contributed by atoms with Crippen LogP contribution in [0.3, 0.4) is 0 Å². The monoisotopic (exact) mass is 402 g/mol. The number of anilines is 2. The molecule has 0 aliphatic carbocycles. The first-order valence-corrected chi connectivity index (χ1v) is 8.60. The van der Waals surface area contributed by atoms with Crippen LogP contribution >= 0.6 is 0 Å². The van der Waals surface area contributed by atoms with Crippen molar-refractivity contribution in [2.24, 2.45) is 0 Å². The van der Waals surface area contributed by atoms with E-state index in [-0.39, 0.29) is 17.0 Å². The fourth-order valence-corrected chi connectivity index (χ4v) is 2.75. The van der Waals surface area contributed by atoms with Gasteiger partial charge in [-0.2, -0.15) is 13.2 Å². The summed E-state index contributed by atoms with van der Waals surface area (Å²) >= 11 is 0. The molecule has 150 valence electrons. The van der Waals surface area contributed by atoms with Gasteiger partial charge in [0.05, 0.1) is 17.5 Å². The summed E-state index contributed by atoms with van der Waals surface area (Å²) in [5.41, 5.74) is 0.259. The Balaban J connectivity index is 1.89. The van der Waals surface area contributed by atoms with Gasteiger partial charge in [-0.25, -0.2) is 0 Å². The second-order valence-corrected chi connectivity index (χ2v) is 6.39. The highest BCUT2D eigenvalue weighted by Crippen LogP contribution is 2.37. The third kappa shape index (κ3) is 4.48. The maximum absolute atomic E-state index is 13.6. The van der Waals surface area contributed by atoms with Gasteiger partial charge >= 0.3 is 6.18 Å². The topological polar surface area (TPSA) is 71.3 Å². The van der Waals surface area contributed by atoms with Gasteiger partial charge in [0.2, 0.25) is 0 Å². The Kier molecular flexibility index (Phi) is 5.45. The van der Waals surface area contributed by atoms with Crippen LogP contribution in [0.2, 0.25) is 0 Å². The quantitative estimate of drug-likeness (QED) is 0.612. The van der Waals surface area contributed by atoms with E-state index in [1.54, 1.807) is 19.1 Å². The molecule has 2 amide bonds. The molecule has 0 aliphatic rings. The summed E-state index contributed by atoms with van der Waals surface area (Å²) < 4.78 is 45.6. The summed E-state index contributed by atoms with van der Waals surface area (Å²) in [6, 6.07) is 11.0. The molecule has 0 radical (unpaired) electrons. The molecule has 0 unspecified atom stereocenters. The first kappa shape index (κ1) is 20.2. The molecule has 0 spiro atoms. The van der Waals surface area contributed by atoms with E-state index in [2.05, 4.69) is 10.6 Å². The number of benzene rings is 2. The largest absolute Gasteiger partial charge is 0.459 e. The molecule has 0 aliphatic heterocycles. The summed E-state index contributed by atoms with van der Waals surface area (Å²) in [6.07, 6.45) is -3.46. The average Bonchev–Trinajstić information content (AvgIpc) is 3.19. The first-order chi connectivity index (χ1) is 13.7. The lowest BCUT2D eigenvalue weighted by Gasteiger charge is -2.16. The van der Waals surface area contributed by atoms with Crippen molar-refractivity contribution in [2.75, 3.05) is 10.6 Å². The number of amides is 2. The minimum atomic E-state index is -4.74. The summed E-state index contributed by atoms with van der Waals surface area (Å²) in [5, 5.41) is 4.66. The van der Waals surface area contributed by atoms with Crippen LogP contribution in [0.1, 0.15) is 37.6 Å². The molecule has 2 aromatic carbocycles. The zero-order chi connectivity index (χ0) is 21.2. The minimum absolute atomic E-state index is 0.0362. The van der Waals surface area contributed by atoms with Crippen LogP contribution in [0.5, 0.6) is 0 Å². The lowest BCUT2D eigenvalue weighted by molar-refractivity contribution is -0.136. The van der Waals surface area contributed by atoms with Gasteiger partial charge in [0, 0.05) is 11.3 Å². The number of aryl methyl sites for hydroxylation is 1. The first-order valence-electron chi connectivity index (χ1n) is 8.60. The van der Waals surface area contributed by atoms with Crippen LogP contribution in [0, 0.1) is 13.8 Å². The summed E-state index contributed by atoms with van der Waals surface area (Å²) in [7, 11) is 0. The number of nitrogens with one attached hydrogen (secondary N) is 2. The number of alkyl halides is 3. The van der Waals surface area contributed by atoms with E-state index in [0.717, 1.165) is 17.7 Å². The van der Waals surface area contributed by atoms with Crippen molar-refractivity contribution in [1.29, 1.82) is 0 Å². The molecule has 2 N–H and O–H groups in total. The maximum atomic E-state index is 13.6. The van der Waals surface area contributed by atoms with E-state index in [0.29, 0.717) is 5.56 Å². The number of hydrogen-bond acceptors (Lipinski definition) is 3. The second-order valence-electron chi connectivity index (χ2n) is 6.39. The Morgan fingerprint density at radius 3 is 2.34 bits per heavy atom. The molecule has 0 saturated heterocycles. The van der Waals surface area contributed by atoms with Crippen LogP contribution in [-0.4, -0.2) is 11.8 Å². The number of carbonyl (C=O) groups is 2. The molecule has 3 aromatic rings. The molecule has 1 heterocycles. The van der Waals surface area contributed by atoms with Gasteiger partial charge in [0.25, 0.3) is 11.8 Å². The third-order valence-corrected chi connectivity index (χ3v) is 4.43. The van der Waals surface area contributed by atoms with E-state index in [9.17, 15) is 22.8 Å². The van der Waals surface area contributed by atoms with Crippen LogP contribution in [-0.2, 0) is 6.18 Å². The molecule has 0 bridgehead atoms. The molecular formula is C21H17F3N2O3. The van der Waals surface area contributed by atoms with Gasteiger partial charge in [-0.1, -0.05) is 12.1 Å². The number of furan rings is 1. The fourth-order valence-electron chi connectivity index (χ4n) is 2.75. The van der Waals surface area contributed by atoms with Gasteiger partial charge in [-0.05, 0) is 61.4 Å². The number of halogens is 3. The van der Waals surface area contributed by atoms with Crippen LogP contribution in [0.15, 0.2) is 59.2 Å². The van der Waals surface area contributed by atoms with Gasteiger partial charge in [-0.3, -0.25) is 9.59 Å². The van der Waals surface area contributed by atoms with Crippen molar-refractivity contribution in [3.8, 4) is 0 Å². The van der Waals surface area contributed by atoms with E-state index in [1.165, 1.54) is 24.5 Å². The Hall–Kier alpha value is -3.55. The Labute approximate surface area is 164 Å². The predicted molar refractivity (Wildman–Crippen MR) is 102 cm³/mol. The third-order valence-electron chi connectivity index (χ3n) is 4.43. The van der Waals surface area contributed by atoms with Gasteiger partial charge in [0.15, 0.2) is 5.76 Å². The number of rotatable bonds is 4. The summed E-state index contributed by atoms with van der Waals surface area (Å²) in [4.78, 5) is 24.5.